The highest BCUT2D eigenvalue weighted by atomic mass is 19.1. The van der Waals surface area contributed by atoms with Gasteiger partial charge in [0.2, 0.25) is 0 Å². The molecule has 1 fully saturated rings. The maximum absolute atomic E-state index is 14.0. The number of unbranched alkanes of at least 4 members (excludes halogenated alkanes) is 1. The number of morpholine rings is 1. The molecule has 1 saturated heterocycles. The van der Waals surface area contributed by atoms with E-state index in [-0.39, 0.29) is 6.04 Å². The largest absolute Gasteiger partial charge is 0.379 e. The van der Waals surface area contributed by atoms with Gasteiger partial charge in [0.1, 0.15) is 5.67 Å². The highest BCUT2D eigenvalue weighted by Gasteiger charge is 2.28. The zero-order valence-electron chi connectivity index (χ0n) is 9.39. The number of hydrogen-bond acceptors (Lipinski definition) is 2. The average molecular weight is 213 g/mol. The van der Waals surface area contributed by atoms with E-state index >= 15 is 0 Å². The first-order chi connectivity index (χ1) is 7.14. The van der Waals surface area contributed by atoms with Crippen LogP contribution in [0.1, 0.15) is 32.6 Å². The van der Waals surface area contributed by atoms with E-state index in [0.717, 1.165) is 19.6 Å². The summed E-state index contributed by atoms with van der Waals surface area (Å²) in [4.78, 5) is 0. The summed E-state index contributed by atoms with van der Waals surface area (Å²) in [5, 5.41) is 3.26. The van der Waals surface area contributed by atoms with Gasteiger partial charge in [-0.1, -0.05) is 0 Å². The Morgan fingerprint density at radius 2 is 2.47 bits per heavy atom. The molecule has 0 bridgehead atoms. The molecule has 3 heteroatoms. The lowest BCUT2D eigenvalue weighted by Crippen LogP contribution is -2.44. The van der Waals surface area contributed by atoms with Crippen molar-refractivity contribution >= 4 is 0 Å². The first-order valence-electron chi connectivity index (χ1n) is 5.57. The monoisotopic (exact) mass is 213 g/mol. The van der Waals surface area contributed by atoms with Crippen molar-refractivity contribution in [3.63, 3.8) is 0 Å². The molecule has 0 aliphatic carbocycles. The minimum Gasteiger partial charge on any atom is -0.379 e. The lowest BCUT2D eigenvalue weighted by atomic mass is 9.93. The molecule has 1 aliphatic rings. The quantitative estimate of drug-likeness (QED) is 0.556. The third kappa shape index (κ3) is 5.15. The summed E-state index contributed by atoms with van der Waals surface area (Å²) in [6.07, 6.45) is 7.61. The zero-order chi connectivity index (χ0) is 11.1. The van der Waals surface area contributed by atoms with E-state index in [4.69, 9.17) is 11.2 Å². The van der Waals surface area contributed by atoms with Crippen molar-refractivity contribution in [2.24, 2.45) is 0 Å². The fraction of sp³-hybridized carbons (Fsp3) is 0.833. The van der Waals surface area contributed by atoms with E-state index in [1.54, 1.807) is 6.92 Å². The Morgan fingerprint density at radius 1 is 1.67 bits per heavy atom. The number of alkyl halides is 1. The smallest absolute Gasteiger partial charge is 0.109 e. The average Bonchev–Trinajstić information content (AvgIpc) is 2.18. The van der Waals surface area contributed by atoms with Crippen LogP contribution in [0, 0.1) is 12.3 Å². The van der Waals surface area contributed by atoms with Gasteiger partial charge < -0.3 is 10.1 Å². The second-order valence-electron chi connectivity index (χ2n) is 4.40. The van der Waals surface area contributed by atoms with Crippen LogP contribution in [-0.4, -0.2) is 31.5 Å². The van der Waals surface area contributed by atoms with Crippen LogP contribution in [-0.2, 0) is 4.74 Å². The summed E-state index contributed by atoms with van der Waals surface area (Å²) < 4.78 is 19.3. The Kier molecular flexibility index (Phi) is 5.07. The van der Waals surface area contributed by atoms with Crippen LogP contribution in [0.25, 0.3) is 0 Å². The van der Waals surface area contributed by atoms with Crippen LogP contribution in [0.3, 0.4) is 0 Å². The van der Waals surface area contributed by atoms with Crippen LogP contribution < -0.4 is 5.32 Å². The summed E-state index contributed by atoms with van der Waals surface area (Å²) in [5.41, 5.74) is -1.13. The third-order valence-corrected chi connectivity index (χ3v) is 2.69. The highest BCUT2D eigenvalue weighted by Crippen LogP contribution is 2.25. The summed E-state index contributed by atoms with van der Waals surface area (Å²) >= 11 is 0. The molecule has 1 aliphatic heterocycles. The second kappa shape index (κ2) is 6.09. The molecule has 15 heavy (non-hydrogen) atoms. The molecule has 2 nitrogen and oxygen atoms in total. The first-order valence-corrected chi connectivity index (χ1v) is 5.57. The molecule has 2 unspecified atom stereocenters. The molecule has 0 saturated carbocycles. The Balaban J connectivity index is 2.24. The molecule has 0 spiro atoms. The molecule has 1 heterocycles. The summed E-state index contributed by atoms with van der Waals surface area (Å²) in [7, 11) is 0. The standard InChI is InChI=1S/C12H20FNO/c1-3-4-5-6-12(2,13)9-11-10-15-8-7-14-11/h1,11,14H,4-10H2,2H3. The van der Waals surface area contributed by atoms with E-state index in [0.29, 0.717) is 25.9 Å². The summed E-state index contributed by atoms with van der Waals surface area (Å²) in [6, 6.07) is 0.152. The van der Waals surface area contributed by atoms with Gasteiger partial charge in [0.05, 0.1) is 13.2 Å². The summed E-state index contributed by atoms with van der Waals surface area (Å²) in [6.45, 7) is 3.83. The predicted octanol–water partition coefficient (Wildman–Crippen LogP) is 1.90. The summed E-state index contributed by atoms with van der Waals surface area (Å²) in [5.74, 6) is 2.54. The van der Waals surface area contributed by atoms with Crippen molar-refractivity contribution in [1.82, 2.24) is 5.32 Å². The normalized spacial score (nSPS) is 25.5. The Labute approximate surface area is 91.6 Å². The molecular formula is C12H20FNO. The maximum atomic E-state index is 14.0. The molecule has 1 N–H and O–H groups in total. The van der Waals surface area contributed by atoms with Crippen molar-refractivity contribution in [1.29, 1.82) is 0 Å². The molecule has 2 atom stereocenters. The fourth-order valence-electron chi connectivity index (χ4n) is 1.93. The SMILES string of the molecule is C#CCCCC(C)(F)CC1COCCN1. The number of rotatable bonds is 5. The van der Waals surface area contributed by atoms with E-state index in [1.165, 1.54) is 0 Å². The lowest BCUT2D eigenvalue weighted by molar-refractivity contribution is 0.0454. The minimum absolute atomic E-state index is 0.152. The van der Waals surface area contributed by atoms with Crippen LogP contribution in [0.15, 0.2) is 0 Å². The van der Waals surface area contributed by atoms with Crippen molar-refractivity contribution in [2.45, 2.75) is 44.3 Å². The lowest BCUT2D eigenvalue weighted by Gasteiger charge is -2.29. The number of nitrogens with one attached hydrogen (secondary N) is 1. The predicted molar refractivity (Wildman–Crippen MR) is 59.4 cm³/mol. The van der Waals surface area contributed by atoms with Crippen LogP contribution >= 0.6 is 0 Å². The first kappa shape index (κ1) is 12.5. The third-order valence-electron chi connectivity index (χ3n) is 2.69. The van der Waals surface area contributed by atoms with Gasteiger partial charge in [-0.25, -0.2) is 4.39 Å². The van der Waals surface area contributed by atoms with Gasteiger partial charge in [0.25, 0.3) is 0 Å². The van der Waals surface area contributed by atoms with Gasteiger partial charge in [-0.3, -0.25) is 0 Å². The van der Waals surface area contributed by atoms with Gasteiger partial charge in [-0.05, 0) is 26.2 Å². The Bertz CT molecular complexity index is 216. The van der Waals surface area contributed by atoms with Crippen molar-refractivity contribution in [3.8, 4) is 12.3 Å². The van der Waals surface area contributed by atoms with Gasteiger partial charge >= 0.3 is 0 Å². The Morgan fingerprint density at radius 3 is 3.07 bits per heavy atom. The van der Waals surface area contributed by atoms with Gasteiger partial charge in [-0.15, -0.1) is 12.3 Å². The molecule has 86 valence electrons. The maximum Gasteiger partial charge on any atom is 0.109 e. The molecular weight excluding hydrogens is 193 g/mol. The van der Waals surface area contributed by atoms with E-state index in [1.807, 2.05) is 0 Å². The number of halogens is 1. The second-order valence-corrected chi connectivity index (χ2v) is 4.40. The molecule has 0 amide bonds. The van der Waals surface area contributed by atoms with Crippen molar-refractivity contribution in [2.75, 3.05) is 19.8 Å². The number of hydrogen-bond donors (Lipinski definition) is 1. The molecule has 1 rings (SSSR count). The van der Waals surface area contributed by atoms with E-state index in [9.17, 15) is 4.39 Å². The van der Waals surface area contributed by atoms with E-state index in [2.05, 4.69) is 11.2 Å². The van der Waals surface area contributed by atoms with Crippen LogP contribution in [0.4, 0.5) is 4.39 Å². The fourth-order valence-corrected chi connectivity index (χ4v) is 1.93. The topological polar surface area (TPSA) is 21.3 Å². The van der Waals surface area contributed by atoms with Crippen LogP contribution in [0.5, 0.6) is 0 Å². The highest BCUT2D eigenvalue weighted by molar-refractivity contribution is 4.87. The number of ether oxygens (including phenoxy) is 1. The van der Waals surface area contributed by atoms with E-state index < -0.39 is 5.67 Å². The zero-order valence-corrected chi connectivity index (χ0v) is 9.39. The van der Waals surface area contributed by atoms with Crippen LogP contribution in [0.2, 0.25) is 0 Å². The molecule has 0 aromatic carbocycles. The van der Waals surface area contributed by atoms with Crippen molar-refractivity contribution < 1.29 is 9.13 Å². The van der Waals surface area contributed by atoms with Gasteiger partial charge in [-0.2, -0.15) is 0 Å². The minimum atomic E-state index is -1.13. The number of terminal acetylenes is 1. The van der Waals surface area contributed by atoms with Gasteiger partial charge in [0, 0.05) is 19.0 Å². The van der Waals surface area contributed by atoms with Gasteiger partial charge in [0.15, 0.2) is 0 Å². The van der Waals surface area contributed by atoms with Crippen molar-refractivity contribution in [3.05, 3.63) is 0 Å². The molecule has 0 aromatic heterocycles. The molecule has 0 aromatic rings. The molecule has 0 radical (unpaired) electrons. The Hall–Kier alpha value is -0.590.